The van der Waals surface area contributed by atoms with Gasteiger partial charge in [-0.15, -0.1) is 0 Å². The number of carbonyl (C=O) groups excluding carboxylic acids is 2. The molecule has 124 valence electrons. The minimum absolute atomic E-state index is 0.00754. The van der Waals surface area contributed by atoms with E-state index in [9.17, 15) is 9.59 Å². The third-order valence-corrected chi connectivity index (χ3v) is 5.77. The number of carbonyl (C=O) groups is 2. The highest BCUT2D eigenvalue weighted by Crippen LogP contribution is 2.42. The first-order valence-corrected chi connectivity index (χ1v) is 9.91. The summed E-state index contributed by atoms with van der Waals surface area (Å²) in [4.78, 5) is 26.6. The van der Waals surface area contributed by atoms with Crippen molar-refractivity contribution < 1.29 is 9.59 Å². The average molecular weight is 432 g/mol. The first-order chi connectivity index (χ1) is 11.6. The highest BCUT2D eigenvalue weighted by molar-refractivity contribution is 14.1. The molecule has 0 heterocycles. The van der Waals surface area contributed by atoms with Crippen LogP contribution in [0.3, 0.4) is 0 Å². The lowest BCUT2D eigenvalue weighted by molar-refractivity contribution is 0.0615. The van der Waals surface area contributed by atoms with Crippen LogP contribution in [0.25, 0.3) is 0 Å². The Morgan fingerprint density at radius 1 is 1.12 bits per heavy atom. The lowest BCUT2D eigenvalue weighted by atomic mass is 9.64. The SMILES string of the molecule is Cc1ccc(C(=O)C2(CCCI)CCc3ccccc3C2=O)cc1. The van der Waals surface area contributed by atoms with Crippen LogP contribution in [0.5, 0.6) is 0 Å². The zero-order valence-electron chi connectivity index (χ0n) is 13.8. The maximum atomic E-state index is 13.3. The van der Waals surface area contributed by atoms with E-state index < -0.39 is 5.41 Å². The molecule has 0 aromatic heterocycles. The quantitative estimate of drug-likeness (QED) is 0.282. The topological polar surface area (TPSA) is 34.1 Å². The molecule has 0 saturated heterocycles. The molecule has 2 nitrogen and oxygen atoms in total. The maximum Gasteiger partial charge on any atom is 0.177 e. The predicted molar refractivity (Wildman–Crippen MR) is 105 cm³/mol. The van der Waals surface area contributed by atoms with E-state index in [4.69, 9.17) is 0 Å². The average Bonchev–Trinajstić information content (AvgIpc) is 2.62. The summed E-state index contributed by atoms with van der Waals surface area (Å²) in [5, 5.41) is 0. The molecule has 0 saturated carbocycles. The van der Waals surface area contributed by atoms with Gasteiger partial charge in [0.25, 0.3) is 0 Å². The van der Waals surface area contributed by atoms with Crippen molar-refractivity contribution >= 4 is 34.2 Å². The van der Waals surface area contributed by atoms with Crippen LogP contribution >= 0.6 is 22.6 Å². The molecule has 0 spiro atoms. The van der Waals surface area contributed by atoms with Crippen LogP contribution < -0.4 is 0 Å². The third-order valence-electron chi connectivity index (χ3n) is 5.00. The van der Waals surface area contributed by atoms with Crippen LogP contribution in [0, 0.1) is 12.3 Å². The number of aryl methyl sites for hydroxylation is 2. The van der Waals surface area contributed by atoms with E-state index in [0.29, 0.717) is 18.4 Å². The van der Waals surface area contributed by atoms with Gasteiger partial charge in [-0.2, -0.15) is 0 Å². The molecule has 0 fully saturated rings. The van der Waals surface area contributed by atoms with E-state index in [0.717, 1.165) is 34.0 Å². The van der Waals surface area contributed by atoms with Gasteiger partial charge in [-0.25, -0.2) is 0 Å². The molecule has 2 aromatic rings. The standard InChI is InChI=1S/C21H21IO2/c1-15-7-9-17(10-8-15)19(23)21(12-4-14-22)13-11-16-5-2-3-6-18(16)20(21)24/h2-3,5-10H,4,11-14H2,1H3. The van der Waals surface area contributed by atoms with E-state index in [2.05, 4.69) is 22.6 Å². The summed E-state index contributed by atoms with van der Waals surface area (Å²) < 4.78 is 0.954. The summed E-state index contributed by atoms with van der Waals surface area (Å²) in [5.74, 6) is 0.00614. The van der Waals surface area contributed by atoms with Crippen molar-refractivity contribution in [2.75, 3.05) is 4.43 Å². The second kappa shape index (κ2) is 7.18. The summed E-state index contributed by atoms with van der Waals surface area (Å²) >= 11 is 2.32. The van der Waals surface area contributed by atoms with Gasteiger partial charge in [0.2, 0.25) is 0 Å². The minimum Gasteiger partial charge on any atom is -0.293 e. The van der Waals surface area contributed by atoms with E-state index in [1.165, 1.54) is 0 Å². The second-order valence-electron chi connectivity index (χ2n) is 6.56. The fourth-order valence-corrected chi connectivity index (χ4v) is 3.98. The number of rotatable bonds is 5. The van der Waals surface area contributed by atoms with Gasteiger partial charge in [-0.05, 0) is 42.6 Å². The first-order valence-electron chi connectivity index (χ1n) is 8.38. The summed E-state index contributed by atoms with van der Waals surface area (Å²) in [5.41, 5.74) is 2.69. The molecule has 0 radical (unpaired) electrons. The largest absolute Gasteiger partial charge is 0.293 e. The minimum atomic E-state index is -0.894. The van der Waals surface area contributed by atoms with E-state index >= 15 is 0 Å². The Balaban J connectivity index is 2.04. The zero-order chi connectivity index (χ0) is 17.2. The molecule has 24 heavy (non-hydrogen) atoms. The van der Waals surface area contributed by atoms with E-state index in [1.807, 2.05) is 55.5 Å². The van der Waals surface area contributed by atoms with Gasteiger partial charge in [-0.3, -0.25) is 9.59 Å². The number of alkyl halides is 1. The number of Topliss-reactive ketones (excluding diaryl/α,β-unsaturated/α-hetero) is 2. The van der Waals surface area contributed by atoms with Gasteiger partial charge >= 0.3 is 0 Å². The molecule has 2 aromatic carbocycles. The zero-order valence-corrected chi connectivity index (χ0v) is 16.0. The summed E-state index contributed by atoms with van der Waals surface area (Å²) in [6.45, 7) is 2.00. The fourth-order valence-electron chi connectivity index (χ4n) is 3.60. The van der Waals surface area contributed by atoms with Gasteiger partial charge in [0, 0.05) is 11.1 Å². The normalized spacial score (nSPS) is 19.8. The number of halogens is 1. The van der Waals surface area contributed by atoms with Gasteiger partial charge in [0.1, 0.15) is 0 Å². The molecule has 1 aliphatic rings. The number of ketones is 2. The summed E-state index contributed by atoms with van der Waals surface area (Å²) in [6, 6.07) is 15.3. The first kappa shape index (κ1) is 17.3. The molecule has 3 rings (SSSR count). The third kappa shape index (κ3) is 3.06. The number of hydrogen-bond donors (Lipinski definition) is 0. The maximum absolute atomic E-state index is 13.3. The molecule has 1 aliphatic carbocycles. The summed E-state index contributed by atoms with van der Waals surface area (Å²) in [7, 11) is 0. The van der Waals surface area contributed by atoms with Crippen LogP contribution in [0.1, 0.15) is 51.1 Å². The molecule has 1 unspecified atom stereocenters. The highest BCUT2D eigenvalue weighted by atomic mass is 127. The Bertz CT molecular complexity index is 764. The van der Waals surface area contributed by atoms with Crippen molar-refractivity contribution in [2.24, 2.45) is 5.41 Å². The molecule has 0 N–H and O–H groups in total. The number of hydrogen-bond acceptors (Lipinski definition) is 2. The van der Waals surface area contributed by atoms with Crippen LogP contribution in [-0.2, 0) is 6.42 Å². The Hall–Kier alpha value is -1.49. The van der Waals surface area contributed by atoms with Crippen molar-refractivity contribution in [3.63, 3.8) is 0 Å². The molecule has 3 heteroatoms. The fraction of sp³-hybridized carbons (Fsp3) is 0.333. The second-order valence-corrected chi connectivity index (χ2v) is 7.63. The molecule has 0 aliphatic heterocycles. The highest BCUT2D eigenvalue weighted by Gasteiger charge is 2.47. The Kier molecular flexibility index (Phi) is 5.18. The molecule has 0 bridgehead atoms. The van der Waals surface area contributed by atoms with Crippen molar-refractivity contribution in [1.29, 1.82) is 0 Å². The predicted octanol–water partition coefficient (Wildman–Crippen LogP) is 5.21. The van der Waals surface area contributed by atoms with E-state index in [1.54, 1.807) is 0 Å². The van der Waals surface area contributed by atoms with Crippen molar-refractivity contribution in [2.45, 2.75) is 32.6 Å². The molecular formula is C21H21IO2. The van der Waals surface area contributed by atoms with Crippen molar-refractivity contribution in [3.05, 3.63) is 70.8 Å². The van der Waals surface area contributed by atoms with Crippen LogP contribution in [0.2, 0.25) is 0 Å². The molecular weight excluding hydrogens is 411 g/mol. The summed E-state index contributed by atoms with van der Waals surface area (Å²) in [6.07, 6.45) is 2.93. The van der Waals surface area contributed by atoms with Crippen LogP contribution in [0.15, 0.2) is 48.5 Å². The lowest BCUT2D eigenvalue weighted by Crippen LogP contribution is -2.43. The Morgan fingerprint density at radius 2 is 1.83 bits per heavy atom. The van der Waals surface area contributed by atoms with Crippen molar-refractivity contribution in [3.8, 4) is 0 Å². The Morgan fingerprint density at radius 3 is 2.54 bits per heavy atom. The van der Waals surface area contributed by atoms with Gasteiger partial charge in [-0.1, -0.05) is 76.7 Å². The molecule has 0 amide bonds. The van der Waals surface area contributed by atoms with Gasteiger partial charge < -0.3 is 0 Å². The van der Waals surface area contributed by atoms with Crippen molar-refractivity contribution in [1.82, 2.24) is 0 Å². The van der Waals surface area contributed by atoms with E-state index in [-0.39, 0.29) is 11.6 Å². The van der Waals surface area contributed by atoms with Crippen LogP contribution in [-0.4, -0.2) is 16.0 Å². The smallest absolute Gasteiger partial charge is 0.177 e. The lowest BCUT2D eigenvalue weighted by Gasteiger charge is -2.35. The van der Waals surface area contributed by atoms with Gasteiger partial charge in [0.15, 0.2) is 11.6 Å². The van der Waals surface area contributed by atoms with Crippen LogP contribution in [0.4, 0.5) is 0 Å². The number of fused-ring (bicyclic) bond motifs is 1. The van der Waals surface area contributed by atoms with Gasteiger partial charge in [0.05, 0.1) is 5.41 Å². The number of benzene rings is 2. The monoisotopic (exact) mass is 432 g/mol. The molecule has 1 atom stereocenters. The Labute approximate surface area is 156 Å².